The second kappa shape index (κ2) is 13.9. The molecule has 0 radical (unpaired) electrons. The van der Waals surface area contributed by atoms with Crippen LogP contribution in [0.3, 0.4) is 0 Å². The average Bonchev–Trinajstić information content (AvgIpc) is 3.62. The van der Waals surface area contributed by atoms with Crippen molar-refractivity contribution in [2.24, 2.45) is 0 Å². The van der Waals surface area contributed by atoms with Crippen molar-refractivity contribution in [3.8, 4) is 22.3 Å². The van der Waals surface area contributed by atoms with Gasteiger partial charge in [0.1, 0.15) is 0 Å². The molecule has 0 spiro atoms. The average molecular weight is 730 g/mol. The molecule has 6 rings (SSSR count). The fraction of sp³-hybridized carbons (Fsp3) is 0.162. The number of fused-ring (bicyclic) bond motifs is 2. The Kier molecular flexibility index (Phi) is 10.5. The van der Waals surface area contributed by atoms with Crippen LogP contribution in [0.5, 0.6) is 0 Å². The molecular formula is C37H36Cl2Hf-2. The van der Waals surface area contributed by atoms with Crippen LogP contribution in [-0.2, 0) is 18.6 Å². The molecule has 0 aromatic heterocycles. The summed E-state index contributed by atoms with van der Waals surface area (Å²) in [6, 6.07) is 39.1. The van der Waals surface area contributed by atoms with Gasteiger partial charge in [0.2, 0.25) is 0 Å². The van der Waals surface area contributed by atoms with E-state index >= 15 is 0 Å². The van der Waals surface area contributed by atoms with Crippen molar-refractivity contribution in [1.29, 1.82) is 0 Å². The van der Waals surface area contributed by atoms with E-state index in [2.05, 4.69) is 137 Å². The minimum atomic E-state index is -1.97. The summed E-state index contributed by atoms with van der Waals surface area (Å²) in [4.78, 5) is 0. The molecule has 40 heavy (non-hydrogen) atoms. The Morgan fingerprint density at radius 1 is 0.525 bits per heavy atom. The standard InChI is InChI=1S/2C17H15.C3H6.2ClH.Hf/c2*1-12-6-3-9-15(13(12)2)17-11-5-8-14-7-4-10-16(14)17;1-3-2;;;/h2*3-11H,1-2H3;1-2H3;2*1H;/q2*-1;;;;+2/p-2. The van der Waals surface area contributed by atoms with E-state index in [-0.39, 0.29) is 0 Å². The van der Waals surface area contributed by atoms with Crippen LogP contribution in [0.2, 0.25) is 0 Å². The molecular weight excluding hydrogens is 694 g/mol. The summed E-state index contributed by atoms with van der Waals surface area (Å²) in [6.07, 6.45) is 0. The fourth-order valence-corrected chi connectivity index (χ4v) is 4.88. The van der Waals surface area contributed by atoms with Crippen molar-refractivity contribution in [3.05, 3.63) is 131 Å². The summed E-state index contributed by atoms with van der Waals surface area (Å²) in [5, 5.41) is 5.34. The molecule has 0 unspecified atom stereocenters. The summed E-state index contributed by atoms with van der Waals surface area (Å²) in [6.45, 7) is 12.7. The third kappa shape index (κ3) is 7.00. The van der Waals surface area contributed by atoms with Crippen LogP contribution in [0.4, 0.5) is 0 Å². The van der Waals surface area contributed by atoms with Crippen molar-refractivity contribution in [3.63, 3.8) is 0 Å². The molecule has 0 nitrogen and oxygen atoms in total. The first-order chi connectivity index (χ1) is 19.2. The normalized spacial score (nSPS) is 10.5. The van der Waals surface area contributed by atoms with E-state index < -0.39 is 18.6 Å². The van der Waals surface area contributed by atoms with Crippen LogP contribution in [0.1, 0.15) is 36.1 Å². The van der Waals surface area contributed by atoms with E-state index in [9.17, 15) is 0 Å². The van der Waals surface area contributed by atoms with Gasteiger partial charge in [-0.15, -0.1) is 57.9 Å². The number of aryl methyl sites for hydroxylation is 2. The van der Waals surface area contributed by atoms with Gasteiger partial charge < -0.3 is 0 Å². The number of hydrogen-bond acceptors (Lipinski definition) is 0. The molecule has 0 fully saturated rings. The van der Waals surface area contributed by atoms with Crippen LogP contribution in [0.15, 0.2) is 109 Å². The monoisotopic (exact) mass is 730 g/mol. The van der Waals surface area contributed by atoms with Gasteiger partial charge in [-0.3, -0.25) is 0 Å². The molecule has 0 aliphatic carbocycles. The molecule has 204 valence electrons. The predicted octanol–water partition coefficient (Wildman–Crippen LogP) is 11.8. The Labute approximate surface area is 254 Å². The van der Waals surface area contributed by atoms with Crippen molar-refractivity contribution >= 4 is 42.0 Å². The summed E-state index contributed by atoms with van der Waals surface area (Å²) in [5.41, 5.74) is 10.8. The summed E-state index contributed by atoms with van der Waals surface area (Å²) >= 11 is -1.97. The molecule has 6 aromatic rings. The SMILES string of the molecule is C[C](C)=[Hf]([Cl])[Cl].Cc1cccc(-c2cccc3[cH-]ccc23)c1C.Cc1cccc(-c2cccc3[cH-]ccc23)c1C. The molecule has 0 N–H and O–H groups in total. The topological polar surface area (TPSA) is 0 Å². The summed E-state index contributed by atoms with van der Waals surface area (Å²) < 4.78 is 1.25. The maximum Gasteiger partial charge on any atom is -0.0247 e. The van der Waals surface area contributed by atoms with E-state index in [1.807, 2.05) is 13.8 Å². The van der Waals surface area contributed by atoms with Gasteiger partial charge in [0, 0.05) is 0 Å². The van der Waals surface area contributed by atoms with E-state index in [1.165, 1.54) is 69.3 Å². The Balaban J connectivity index is 0.000000155. The van der Waals surface area contributed by atoms with Crippen molar-refractivity contribution in [2.45, 2.75) is 41.5 Å². The first kappa shape index (κ1) is 30.4. The van der Waals surface area contributed by atoms with Gasteiger partial charge in [0.25, 0.3) is 0 Å². The molecule has 0 saturated carbocycles. The molecule has 0 heterocycles. The van der Waals surface area contributed by atoms with Crippen molar-refractivity contribution in [2.75, 3.05) is 0 Å². The second-order valence-electron chi connectivity index (χ2n) is 10.4. The smallest absolute Gasteiger partial charge is 0.0247 e. The van der Waals surface area contributed by atoms with Gasteiger partial charge in [0.15, 0.2) is 0 Å². The van der Waals surface area contributed by atoms with Crippen molar-refractivity contribution in [1.82, 2.24) is 0 Å². The predicted molar refractivity (Wildman–Crippen MR) is 177 cm³/mol. The Hall–Kier alpha value is -2.58. The number of halogens is 2. The largest absolute Gasteiger partial charge is 0.168 e. The third-order valence-electron chi connectivity index (χ3n) is 7.52. The molecule has 0 aliphatic rings. The third-order valence-corrected chi connectivity index (χ3v) is 16.4. The molecule has 0 bridgehead atoms. The molecule has 0 saturated heterocycles. The van der Waals surface area contributed by atoms with Gasteiger partial charge in [-0.05, 0) is 61.1 Å². The van der Waals surface area contributed by atoms with Gasteiger partial charge in [-0.25, -0.2) is 0 Å². The number of rotatable bonds is 2. The van der Waals surface area contributed by atoms with Gasteiger partial charge in [-0.1, -0.05) is 59.7 Å². The van der Waals surface area contributed by atoms with Crippen LogP contribution < -0.4 is 0 Å². The summed E-state index contributed by atoms with van der Waals surface area (Å²) in [7, 11) is 11.1. The molecule has 0 amide bonds. The molecule has 3 heteroatoms. The fourth-order valence-electron chi connectivity index (χ4n) is 4.88. The van der Waals surface area contributed by atoms with Crippen LogP contribution in [-0.4, -0.2) is 3.26 Å². The van der Waals surface area contributed by atoms with Crippen LogP contribution >= 0.6 is 17.2 Å². The van der Waals surface area contributed by atoms with E-state index in [4.69, 9.17) is 17.2 Å². The summed E-state index contributed by atoms with van der Waals surface area (Å²) in [5.74, 6) is 0. The van der Waals surface area contributed by atoms with E-state index in [0.29, 0.717) is 0 Å². The zero-order chi connectivity index (χ0) is 28.8. The van der Waals surface area contributed by atoms with E-state index in [0.717, 1.165) is 0 Å². The van der Waals surface area contributed by atoms with E-state index in [1.54, 1.807) is 0 Å². The molecule has 0 atom stereocenters. The minimum absolute atomic E-state index is 1.25. The number of benzene rings is 4. The van der Waals surface area contributed by atoms with Gasteiger partial charge >= 0.3 is 52.8 Å². The zero-order valence-electron chi connectivity index (χ0n) is 24.1. The molecule has 6 aromatic carbocycles. The maximum atomic E-state index is 5.55. The van der Waals surface area contributed by atoms with Gasteiger partial charge in [0.05, 0.1) is 0 Å². The maximum absolute atomic E-state index is 5.55. The molecule has 0 aliphatic heterocycles. The Morgan fingerprint density at radius 2 is 0.875 bits per heavy atom. The minimum Gasteiger partial charge on any atom is -0.168 e. The first-order valence-electron chi connectivity index (χ1n) is 13.6. The van der Waals surface area contributed by atoms with Crippen LogP contribution in [0.25, 0.3) is 43.8 Å². The van der Waals surface area contributed by atoms with Crippen LogP contribution in [0, 0.1) is 27.7 Å². The quantitative estimate of drug-likeness (QED) is 0.123. The van der Waals surface area contributed by atoms with Crippen molar-refractivity contribution < 1.29 is 18.6 Å². The Morgan fingerprint density at radius 3 is 1.25 bits per heavy atom. The number of hydrogen-bond donors (Lipinski definition) is 0. The second-order valence-corrected chi connectivity index (χ2v) is 23.7. The zero-order valence-corrected chi connectivity index (χ0v) is 29.3. The van der Waals surface area contributed by atoms with Gasteiger partial charge in [-0.2, -0.15) is 24.3 Å². The first-order valence-corrected chi connectivity index (χ1v) is 24.3. The Bertz CT molecular complexity index is 1640.